The Labute approximate surface area is 108 Å². The Balaban J connectivity index is 2.28. The molecule has 0 spiro atoms. The Bertz CT molecular complexity index is 581. The Morgan fingerprint density at radius 1 is 1.32 bits per heavy atom. The van der Waals surface area contributed by atoms with E-state index >= 15 is 0 Å². The van der Waals surface area contributed by atoms with Gasteiger partial charge in [-0.25, -0.2) is 0 Å². The fourth-order valence-corrected chi connectivity index (χ4v) is 1.99. The van der Waals surface area contributed by atoms with E-state index in [-0.39, 0.29) is 0 Å². The lowest BCUT2D eigenvalue weighted by atomic mass is 10.1. The van der Waals surface area contributed by atoms with Crippen LogP contribution in [-0.2, 0) is 0 Å². The third-order valence-electron chi connectivity index (χ3n) is 2.74. The smallest absolute Gasteiger partial charge is 0.391 e. The zero-order valence-electron chi connectivity index (χ0n) is 10.3. The topological polar surface area (TPSA) is 50.9 Å². The molecule has 0 saturated heterocycles. The summed E-state index contributed by atoms with van der Waals surface area (Å²) in [6.45, 7) is 1.49. The number of nitrogens with two attached hydrogens (primary N) is 1. The van der Waals surface area contributed by atoms with Crippen LogP contribution in [0.2, 0.25) is 0 Å². The number of aromatic nitrogens is 1. The molecule has 0 aliphatic rings. The quantitative estimate of drug-likeness (QED) is 0.837. The SMILES string of the molecule is CC(CC(F)(F)F)Nc1ccnc2c(N)cccc12. The number of alkyl halides is 3. The minimum Gasteiger partial charge on any atom is -0.397 e. The van der Waals surface area contributed by atoms with E-state index in [2.05, 4.69) is 10.3 Å². The van der Waals surface area contributed by atoms with Gasteiger partial charge in [-0.05, 0) is 19.1 Å². The zero-order valence-corrected chi connectivity index (χ0v) is 10.3. The molecule has 0 aliphatic carbocycles. The summed E-state index contributed by atoms with van der Waals surface area (Å²) in [4.78, 5) is 4.14. The number of anilines is 2. The first kappa shape index (κ1) is 13.5. The number of nitrogens with one attached hydrogen (secondary N) is 1. The van der Waals surface area contributed by atoms with Crippen LogP contribution >= 0.6 is 0 Å². The van der Waals surface area contributed by atoms with Crippen molar-refractivity contribution >= 4 is 22.3 Å². The maximum absolute atomic E-state index is 12.3. The monoisotopic (exact) mass is 269 g/mol. The fourth-order valence-electron chi connectivity index (χ4n) is 1.99. The number of nitrogens with zero attached hydrogens (tertiary/aromatic N) is 1. The number of pyridine rings is 1. The van der Waals surface area contributed by atoms with Gasteiger partial charge < -0.3 is 11.1 Å². The van der Waals surface area contributed by atoms with Gasteiger partial charge >= 0.3 is 6.18 Å². The average molecular weight is 269 g/mol. The molecule has 1 aromatic heterocycles. The van der Waals surface area contributed by atoms with Crippen LogP contribution in [0.1, 0.15) is 13.3 Å². The van der Waals surface area contributed by atoms with Crippen LogP contribution in [0.5, 0.6) is 0 Å². The van der Waals surface area contributed by atoms with Crippen molar-refractivity contribution in [1.29, 1.82) is 0 Å². The lowest BCUT2D eigenvalue weighted by molar-refractivity contribution is -0.136. The highest BCUT2D eigenvalue weighted by atomic mass is 19.4. The van der Waals surface area contributed by atoms with Gasteiger partial charge in [0.25, 0.3) is 0 Å². The van der Waals surface area contributed by atoms with E-state index in [0.29, 0.717) is 16.9 Å². The molecule has 0 fully saturated rings. The number of halogens is 3. The second kappa shape index (κ2) is 4.95. The number of benzene rings is 1. The molecule has 102 valence electrons. The van der Waals surface area contributed by atoms with Crippen molar-refractivity contribution in [2.24, 2.45) is 0 Å². The summed E-state index contributed by atoms with van der Waals surface area (Å²) >= 11 is 0. The summed E-state index contributed by atoms with van der Waals surface area (Å²) in [5.41, 5.74) is 7.49. The van der Waals surface area contributed by atoms with Crippen molar-refractivity contribution in [3.05, 3.63) is 30.5 Å². The van der Waals surface area contributed by atoms with Gasteiger partial charge in [0.2, 0.25) is 0 Å². The number of hydrogen-bond donors (Lipinski definition) is 2. The third-order valence-corrected chi connectivity index (χ3v) is 2.74. The van der Waals surface area contributed by atoms with E-state index in [4.69, 9.17) is 5.73 Å². The van der Waals surface area contributed by atoms with Gasteiger partial charge in [0.05, 0.1) is 17.6 Å². The van der Waals surface area contributed by atoms with Crippen molar-refractivity contribution in [3.63, 3.8) is 0 Å². The van der Waals surface area contributed by atoms with Crippen molar-refractivity contribution < 1.29 is 13.2 Å². The van der Waals surface area contributed by atoms with Crippen LogP contribution in [-0.4, -0.2) is 17.2 Å². The second-order valence-corrected chi connectivity index (χ2v) is 4.47. The molecule has 3 nitrogen and oxygen atoms in total. The predicted molar refractivity (Wildman–Crippen MR) is 69.9 cm³/mol. The molecule has 0 amide bonds. The van der Waals surface area contributed by atoms with Crippen molar-refractivity contribution in [2.75, 3.05) is 11.1 Å². The van der Waals surface area contributed by atoms with E-state index in [1.807, 2.05) is 0 Å². The Hall–Kier alpha value is -1.98. The molecule has 2 aromatic rings. The molecule has 1 unspecified atom stereocenters. The molecule has 3 N–H and O–H groups in total. The number of nitrogen functional groups attached to an aromatic ring is 1. The van der Waals surface area contributed by atoms with Gasteiger partial charge in [0.1, 0.15) is 0 Å². The first-order valence-corrected chi connectivity index (χ1v) is 5.83. The zero-order chi connectivity index (χ0) is 14.0. The van der Waals surface area contributed by atoms with Crippen LogP contribution < -0.4 is 11.1 Å². The van der Waals surface area contributed by atoms with E-state index in [0.717, 1.165) is 5.39 Å². The third kappa shape index (κ3) is 3.27. The normalized spacial score (nSPS) is 13.5. The summed E-state index contributed by atoms with van der Waals surface area (Å²) in [5, 5.41) is 3.57. The first-order valence-electron chi connectivity index (χ1n) is 5.83. The Morgan fingerprint density at radius 2 is 2.05 bits per heavy atom. The molecule has 0 radical (unpaired) electrons. The molecule has 1 heterocycles. The van der Waals surface area contributed by atoms with E-state index in [1.54, 1.807) is 24.3 Å². The van der Waals surface area contributed by atoms with Crippen LogP contribution in [0.3, 0.4) is 0 Å². The molecule has 1 atom stereocenters. The Kier molecular flexibility index (Phi) is 3.50. The molecule has 6 heteroatoms. The molecule has 0 bridgehead atoms. The van der Waals surface area contributed by atoms with E-state index in [1.165, 1.54) is 13.1 Å². The molecule has 0 aliphatic heterocycles. The highest BCUT2D eigenvalue weighted by molar-refractivity contribution is 5.97. The Morgan fingerprint density at radius 3 is 2.74 bits per heavy atom. The number of rotatable bonds is 3. The highest BCUT2D eigenvalue weighted by Crippen LogP contribution is 2.28. The van der Waals surface area contributed by atoms with Crippen LogP contribution in [0.4, 0.5) is 24.5 Å². The maximum atomic E-state index is 12.3. The number of fused-ring (bicyclic) bond motifs is 1. The molecule has 2 rings (SSSR count). The average Bonchev–Trinajstić information content (AvgIpc) is 2.28. The lowest BCUT2D eigenvalue weighted by Crippen LogP contribution is -2.24. The maximum Gasteiger partial charge on any atom is 0.391 e. The van der Waals surface area contributed by atoms with Crippen molar-refractivity contribution in [3.8, 4) is 0 Å². The van der Waals surface area contributed by atoms with Gasteiger partial charge in [0.15, 0.2) is 0 Å². The first-order chi connectivity index (χ1) is 8.87. The van der Waals surface area contributed by atoms with Crippen LogP contribution in [0, 0.1) is 0 Å². The number of para-hydroxylation sites is 1. The van der Waals surface area contributed by atoms with Gasteiger partial charge in [0, 0.05) is 23.3 Å². The lowest BCUT2D eigenvalue weighted by Gasteiger charge is -2.18. The largest absolute Gasteiger partial charge is 0.397 e. The minimum atomic E-state index is -4.19. The van der Waals surface area contributed by atoms with Gasteiger partial charge in [-0.3, -0.25) is 4.98 Å². The van der Waals surface area contributed by atoms with E-state index in [9.17, 15) is 13.2 Å². The van der Waals surface area contributed by atoms with Crippen molar-refractivity contribution in [2.45, 2.75) is 25.6 Å². The molecular weight excluding hydrogens is 255 g/mol. The summed E-state index contributed by atoms with van der Waals surface area (Å²) in [5.74, 6) is 0. The molecule has 1 aromatic carbocycles. The second-order valence-electron chi connectivity index (χ2n) is 4.47. The fraction of sp³-hybridized carbons (Fsp3) is 0.308. The summed E-state index contributed by atoms with van der Waals surface area (Å²) in [6, 6.07) is 6.17. The van der Waals surface area contributed by atoms with Crippen LogP contribution in [0.25, 0.3) is 10.9 Å². The summed E-state index contributed by atoms with van der Waals surface area (Å²) in [6.07, 6.45) is -3.55. The van der Waals surface area contributed by atoms with Gasteiger partial charge in [-0.2, -0.15) is 13.2 Å². The summed E-state index contributed by atoms with van der Waals surface area (Å²) < 4.78 is 36.9. The highest BCUT2D eigenvalue weighted by Gasteiger charge is 2.30. The van der Waals surface area contributed by atoms with Gasteiger partial charge in [-0.15, -0.1) is 0 Å². The molecular formula is C13H14F3N3. The molecule has 19 heavy (non-hydrogen) atoms. The predicted octanol–water partition coefficient (Wildman–Crippen LogP) is 3.57. The molecule has 0 saturated carbocycles. The minimum absolute atomic E-state index is 0.504. The van der Waals surface area contributed by atoms with Crippen molar-refractivity contribution in [1.82, 2.24) is 4.98 Å². The van der Waals surface area contributed by atoms with Gasteiger partial charge in [-0.1, -0.05) is 12.1 Å². The van der Waals surface area contributed by atoms with E-state index < -0.39 is 18.6 Å². The summed E-state index contributed by atoms with van der Waals surface area (Å²) in [7, 11) is 0. The van der Waals surface area contributed by atoms with Crippen LogP contribution in [0.15, 0.2) is 30.5 Å². The number of hydrogen-bond acceptors (Lipinski definition) is 3. The standard InChI is InChI=1S/C13H14F3N3/c1-8(7-13(14,15)16)19-11-5-6-18-12-9(11)3-2-4-10(12)17/h2-6,8H,7,17H2,1H3,(H,18,19).